The van der Waals surface area contributed by atoms with Crippen molar-refractivity contribution < 1.29 is 13.9 Å². The van der Waals surface area contributed by atoms with Gasteiger partial charge in [0, 0.05) is 30.4 Å². The number of carbonyl (C=O) groups is 1. The number of hydrogen-bond acceptors (Lipinski definition) is 5. The second-order valence-electron chi connectivity index (χ2n) is 5.68. The number of halogens is 1. The minimum Gasteiger partial charge on any atom is -0.370 e. The van der Waals surface area contributed by atoms with Gasteiger partial charge in [-0.25, -0.2) is 9.37 Å². The van der Waals surface area contributed by atoms with Crippen LogP contribution >= 0.6 is 0 Å². The Morgan fingerprint density at radius 3 is 2.81 bits per heavy atom. The van der Waals surface area contributed by atoms with Crippen LogP contribution < -0.4 is 16.4 Å². The van der Waals surface area contributed by atoms with Gasteiger partial charge in [0.05, 0.1) is 6.61 Å². The second-order valence-corrected chi connectivity index (χ2v) is 5.68. The number of carbonyl (C=O) groups excluding carboxylic acids is 1. The zero-order chi connectivity index (χ0) is 15.9. The fraction of sp³-hybridized carbons (Fsp3) is 0.571. The van der Waals surface area contributed by atoms with Crippen molar-refractivity contribution in [3.63, 3.8) is 0 Å². The highest BCUT2D eigenvalue weighted by Gasteiger charge is 2.13. The monoisotopic (exact) mass is 298 g/mol. The van der Waals surface area contributed by atoms with Crippen LogP contribution in [0.4, 0.5) is 10.2 Å². The van der Waals surface area contributed by atoms with Crippen LogP contribution in [-0.2, 0) is 16.1 Å². The summed E-state index contributed by atoms with van der Waals surface area (Å²) in [7, 11) is 0. The minimum absolute atomic E-state index is 0.0914. The lowest BCUT2D eigenvalue weighted by molar-refractivity contribution is -0.122. The Balaban J connectivity index is 2.50. The first-order chi connectivity index (χ1) is 9.79. The van der Waals surface area contributed by atoms with Crippen LogP contribution in [0, 0.1) is 5.82 Å². The molecule has 1 heterocycles. The minimum atomic E-state index is -0.533. The van der Waals surface area contributed by atoms with Crippen molar-refractivity contribution in [1.82, 2.24) is 10.3 Å². The van der Waals surface area contributed by atoms with Crippen LogP contribution in [0.3, 0.4) is 0 Å². The number of nitrogens with two attached hydrogens (primary N) is 1. The topological polar surface area (TPSA) is 89.3 Å². The van der Waals surface area contributed by atoms with Crippen LogP contribution in [0.5, 0.6) is 0 Å². The number of nitrogens with one attached hydrogen (secondary N) is 2. The normalized spacial score (nSPS) is 11.4. The van der Waals surface area contributed by atoms with Crippen molar-refractivity contribution in [1.29, 1.82) is 0 Å². The summed E-state index contributed by atoms with van der Waals surface area (Å²) in [4.78, 5) is 14.4. The van der Waals surface area contributed by atoms with Crippen LogP contribution in [0.2, 0.25) is 0 Å². The summed E-state index contributed by atoms with van der Waals surface area (Å²) in [5.41, 5.74) is 5.39. The predicted octanol–water partition coefficient (Wildman–Crippen LogP) is 1.02. The van der Waals surface area contributed by atoms with Gasteiger partial charge < -0.3 is 21.1 Å². The van der Waals surface area contributed by atoms with Gasteiger partial charge >= 0.3 is 0 Å². The molecular formula is C14H23FN4O2. The largest absolute Gasteiger partial charge is 0.370 e. The fourth-order valence-corrected chi connectivity index (χ4v) is 1.52. The Hall–Kier alpha value is -1.73. The molecular weight excluding hydrogens is 275 g/mol. The van der Waals surface area contributed by atoms with Crippen molar-refractivity contribution in [3.8, 4) is 0 Å². The molecule has 1 rings (SSSR count). The molecule has 21 heavy (non-hydrogen) atoms. The summed E-state index contributed by atoms with van der Waals surface area (Å²) < 4.78 is 19.2. The second kappa shape index (κ2) is 7.90. The van der Waals surface area contributed by atoms with E-state index in [2.05, 4.69) is 15.6 Å². The predicted molar refractivity (Wildman–Crippen MR) is 79.3 cm³/mol. The maximum absolute atomic E-state index is 14.2. The first-order valence-corrected chi connectivity index (χ1v) is 6.78. The maximum Gasteiger partial charge on any atom is 0.243 e. The molecule has 6 nitrogen and oxygen atoms in total. The summed E-state index contributed by atoms with van der Waals surface area (Å²) in [5.74, 6) is -0.746. The molecule has 118 valence electrons. The van der Waals surface area contributed by atoms with E-state index in [0.717, 1.165) is 0 Å². The molecule has 0 bridgehead atoms. The number of anilines is 1. The van der Waals surface area contributed by atoms with Crippen molar-refractivity contribution in [2.24, 2.45) is 5.73 Å². The average Bonchev–Trinajstić information content (AvgIpc) is 2.37. The summed E-state index contributed by atoms with van der Waals surface area (Å²) in [5, 5.41) is 6.06. The van der Waals surface area contributed by atoms with E-state index < -0.39 is 5.91 Å². The number of hydrogen-bond donors (Lipinski definition) is 3. The van der Waals surface area contributed by atoms with Gasteiger partial charge in [0.15, 0.2) is 11.6 Å². The number of nitrogens with zero attached hydrogens (tertiary/aromatic N) is 1. The van der Waals surface area contributed by atoms with Crippen LogP contribution in [0.15, 0.2) is 12.3 Å². The molecule has 0 atom stereocenters. The Morgan fingerprint density at radius 2 is 2.19 bits per heavy atom. The molecule has 0 spiro atoms. The molecule has 0 aromatic carbocycles. The van der Waals surface area contributed by atoms with Gasteiger partial charge in [-0.05, 0) is 26.8 Å². The molecule has 0 aliphatic heterocycles. The standard InChI is InChI=1S/C14H23FN4O2/c1-14(2,3)19-8-10-4-5-17-13(12(10)15)18-6-7-21-9-11(16)20/h4-5,19H,6-9H2,1-3H3,(H2,16,20)(H,17,18). The molecule has 7 heteroatoms. The molecule has 0 unspecified atom stereocenters. The van der Waals surface area contributed by atoms with E-state index in [1.54, 1.807) is 12.3 Å². The van der Waals surface area contributed by atoms with Gasteiger partial charge in [0.1, 0.15) is 6.61 Å². The van der Waals surface area contributed by atoms with Gasteiger partial charge in [-0.15, -0.1) is 0 Å². The van der Waals surface area contributed by atoms with Crippen LogP contribution in [0.1, 0.15) is 26.3 Å². The zero-order valence-corrected chi connectivity index (χ0v) is 12.7. The number of rotatable bonds is 8. The molecule has 1 aromatic rings. The van der Waals surface area contributed by atoms with E-state index in [9.17, 15) is 9.18 Å². The maximum atomic E-state index is 14.2. The highest BCUT2D eigenvalue weighted by molar-refractivity contribution is 5.74. The summed E-state index contributed by atoms with van der Waals surface area (Å²) in [6.07, 6.45) is 1.55. The van der Waals surface area contributed by atoms with Crippen molar-refractivity contribution in [3.05, 3.63) is 23.6 Å². The third-order valence-electron chi connectivity index (χ3n) is 2.56. The van der Waals surface area contributed by atoms with Crippen molar-refractivity contribution in [2.75, 3.05) is 25.1 Å². The highest BCUT2D eigenvalue weighted by atomic mass is 19.1. The lowest BCUT2D eigenvalue weighted by atomic mass is 10.1. The molecule has 0 saturated heterocycles. The molecule has 1 amide bonds. The van der Waals surface area contributed by atoms with E-state index in [4.69, 9.17) is 10.5 Å². The Morgan fingerprint density at radius 1 is 1.48 bits per heavy atom. The highest BCUT2D eigenvalue weighted by Crippen LogP contribution is 2.15. The van der Waals surface area contributed by atoms with Gasteiger partial charge in [0.2, 0.25) is 5.91 Å². The van der Waals surface area contributed by atoms with E-state index in [0.29, 0.717) is 18.7 Å². The Bertz CT molecular complexity index is 475. The van der Waals surface area contributed by atoms with Crippen molar-refractivity contribution in [2.45, 2.75) is 32.9 Å². The van der Waals surface area contributed by atoms with Gasteiger partial charge in [-0.1, -0.05) is 0 Å². The van der Waals surface area contributed by atoms with E-state index >= 15 is 0 Å². The van der Waals surface area contributed by atoms with E-state index in [1.807, 2.05) is 20.8 Å². The molecule has 0 fully saturated rings. The van der Waals surface area contributed by atoms with Crippen LogP contribution in [-0.4, -0.2) is 36.2 Å². The van der Waals surface area contributed by atoms with Crippen molar-refractivity contribution >= 4 is 11.7 Å². The van der Waals surface area contributed by atoms with E-state index in [-0.39, 0.29) is 30.4 Å². The number of ether oxygens (including phenoxy) is 1. The summed E-state index contributed by atoms with van der Waals surface area (Å²) >= 11 is 0. The third-order valence-corrected chi connectivity index (χ3v) is 2.56. The zero-order valence-electron chi connectivity index (χ0n) is 12.7. The lowest BCUT2D eigenvalue weighted by Gasteiger charge is -2.21. The van der Waals surface area contributed by atoms with Gasteiger partial charge in [-0.2, -0.15) is 0 Å². The third kappa shape index (κ3) is 7.01. The number of aromatic nitrogens is 1. The Kier molecular flexibility index (Phi) is 6.51. The molecule has 0 aliphatic carbocycles. The quantitative estimate of drug-likeness (QED) is 0.624. The van der Waals surface area contributed by atoms with Gasteiger partial charge in [0.25, 0.3) is 0 Å². The SMILES string of the molecule is CC(C)(C)NCc1ccnc(NCCOCC(N)=O)c1F. The number of primary amides is 1. The first kappa shape index (κ1) is 17.3. The van der Waals surface area contributed by atoms with E-state index in [1.165, 1.54) is 0 Å². The smallest absolute Gasteiger partial charge is 0.243 e. The fourth-order valence-electron chi connectivity index (χ4n) is 1.52. The molecule has 4 N–H and O–H groups in total. The first-order valence-electron chi connectivity index (χ1n) is 6.78. The molecule has 1 aromatic heterocycles. The average molecular weight is 298 g/mol. The van der Waals surface area contributed by atoms with Crippen LogP contribution in [0.25, 0.3) is 0 Å². The molecule has 0 saturated carbocycles. The Labute approximate surface area is 124 Å². The summed E-state index contributed by atoms with van der Waals surface area (Å²) in [6.45, 7) is 6.91. The molecule has 0 aliphatic rings. The molecule has 0 radical (unpaired) electrons. The number of amides is 1. The number of pyridine rings is 1. The lowest BCUT2D eigenvalue weighted by Crippen LogP contribution is -2.35. The summed E-state index contributed by atoms with van der Waals surface area (Å²) in [6, 6.07) is 1.64. The van der Waals surface area contributed by atoms with Gasteiger partial charge in [-0.3, -0.25) is 4.79 Å².